The Kier molecular flexibility index (Phi) is 5.08. The minimum Gasteiger partial charge on any atom is -0.481 e. The van der Waals surface area contributed by atoms with Gasteiger partial charge in [-0.1, -0.05) is 25.1 Å². The quantitative estimate of drug-likeness (QED) is 0.750. The molecule has 25 heavy (non-hydrogen) atoms. The van der Waals surface area contributed by atoms with Crippen LogP contribution in [0.25, 0.3) is 10.9 Å². The second-order valence-corrected chi connectivity index (χ2v) is 6.66. The number of amides is 1. The van der Waals surface area contributed by atoms with E-state index in [-0.39, 0.29) is 18.9 Å². The molecule has 1 aromatic carbocycles. The summed E-state index contributed by atoms with van der Waals surface area (Å²) in [5.74, 6) is -1.02. The number of fused-ring (bicyclic) bond motifs is 1. The van der Waals surface area contributed by atoms with Crippen molar-refractivity contribution in [3.8, 4) is 0 Å². The molecule has 0 spiro atoms. The lowest BCUT2D eigenvalue weighted by Crippen LogP contribution is -2.46. The fraction of sp³-hybridized carbons (Fsp3) is 0.474. The summed E-state index contributed by atoms with van der Waals surface area (Å²) >= 11 is 0. The van der Waals surface area contributed by atoms with Crippen LogP contribution in [0.15, 0.2) is 24.4 Å². The Morgan fingerprint density at radius 3 is 2.72 bits per heavy atom. The number of aliphatic carboxylic acids is 1. The van der Waals surface area contributed by atoms with E-state index in [4.69, 9.17) is 4.74 Å². The van der Waals surface area contributed by atoms with Gasteiger partial charge in [0.05, 0.1) is 11.8 Å². The number of aromatic amines is 1. The summed E-state index contributed by atoms with van der Waals surface area (Å²) in [6, 6.07) is 6.08. The highest BCUT2D eigenvalue weighted by atomic mass is 16.5. The zero-order valence-corrected chi connectivity index (χ0v) is 14.4. The van der Waals surface area contributed by atoms with Gasteiger partial charge in [0.15, 0.2) is 0 Å². The van der Waals surface area contributed by atoms with Gasteiger partial charge in [-0.25, -0.2) is 0 Å². The number of aromatic nitrogens is 1. The number of carbonyl (C=O) groups excluding carboxylic acids is 1. The topological polar surface area (TPSA) is 91.4 Å². The summed E-state index contributed by atoms with van der Waals surface area (Å²) in [5, 5.41) is 13.4. The molecule has 3 N–H and O–H groups in total. The Morgan fingerprint density at radius 1 is 1.28 bits per heavy atom. The molecule has 1 fully saturated rings. The van der Waals surface area contributed by atoms with Crippen molar-refractivity contribution in [3.63, 3.8) is 0 Å². The molecule has 0 aliphatic carbocycles. The number of carbonyl (C=O) groups is 2. The molecular weight excluding hydrogens is 320 g/mol. The highest BCUT2D eigenvalue weighted by molar-refractivity contribution is 5.90. The molecule has 0 atom stereocenters. The fourth-order valence-electron chi connectivity index (χ4n) is 3.45. The number of aryl methyl sites for hydroxylation is 1. The SMILES string of the molecule is CCc1cccc2c(CC(=O)NCC3(C(=O)O)CCOCC3)c[nH]c12. The summed E-state index contributed by atoms with van der Waals surface area (Å²) in [6.07, 6.45) is 3.88. The average molecular weight is 344 g/mol. The van der Waals surface area contributed by atoms with Crippen LogP contribution in [0.5, 0.6) is 0 Å². The predicted octanol–water partition coefficient (Wildman–Crippen LogP) is 2.27. The van der Waals surface area contributed by atoms with Crippen LogP contribution in [0.4, 0.5) is 0 Å². The zero-order valence-electron chi connectivity index (χ0n) is 14.4. The summed E-state index contributed by atoms with van der Waals surface area (Å²) in [6.45, 7) is 3.09. The van der Waals surface area contributed by atoms with E-state index in [0.29, 0.717) is 26.1 Å². The van der Waals surface area contributed by atoms with Crippen LogP contribution in [-0.2, 0) is 27.2 Å². The van der Waals surface area contributed by atoms with Gasteiger partial charge in [0, 0.05) is 36.9 Å². The number of para-hydroxylation sites is 1. The van der Waals surface area contributed by atoms with Gasteiger partial charge in [0.25, 0.3) is 0 Å². The summed E-state index contributed by atoms with van der Waals surface area (Å²) in [4.78, 5) is 27.3. The van der Waals surface area contributed by atoms with Crippen LogP contribution in [0.1, 0.15) is 30.9 Å². The second kappa shape index (κ2) is 7.27. The monoisotopic (exact) mass is 344 g/mol. The van der Waals surface area contributed by atoms with Crippen LogP contribution >= 0.6 is 0 Å². The van der Waals surface area contributed by atoms with Crippen LogP contribution in [-0.4, -0.2) is 41.7 Å². The first-order valence-electron chi connectivity index (χ1n) is 8.71. The highest BCUT2D eigenvalue weighted by Crippen LogP contribution is 2.30. The zero-order chi connectivity index (χ0) is 17.9. The lowest BCUT2D eigenvalue weighted by Gasteiger charge is -2.33. The third-order valence-electron chi connectivity index (χ3n) is 5.15. The first-order chi connectivity index (χ1) is 12.1. The number of hydrogen-bond acceptors (Lipinski definition) is 3. The van der Waals surface area contributed by atoms with Gasteiger partial charge in [0.2, 0.25) is 5.91 Å². The molecule has 2 aromatic rings. The van der Waals surface area contributed by atoms with E-state index in [1.54, 1.807) is 0 Å². The van der Waals surface area contributed by atoms with Crippen molar-refractivity contribution in [1.29, 1.82) is 0 Å². The largest absolute Gasteiger partial charge is 0.481 e. The third-order valence-corrected chi connectivity index (χ3v) is 5.15. The Hall–Kier alpha value is -2.34. The van der Waals surface area contributed by atoms with Crippen molar-refractivity contribution in [2.75, 3.05) is 19.8 Å². The Labute approximate surface area is 146 Å². The van der Waals surface area contributed by atoms with Crippen molar-refractivity contribution >= 4 is 22.8 Å². The first kappa shape index (κ1) is 17.5. The van der Waals surface area contributed by atoms with Crippen molar-refractivity contribution < 1.29 is 19.4 Å². The van der Waals surface area contributed by atoms with Gasteiger partial charge in [0.1, 0.15) is 0 Å². The minimum atomic E-state index is -0.913. The third kappa shape index (κ3) is 3.54. The fourth-order valence-corrected chi connectivity index (χ4v) is 3.45. The van der Waals surface area contributed by atoms with Crippen LogP contribution < -0.4 is 5.32 Å². The van der Waals surface area contributed by atoms with E-state index in [2.05, 4.69) is 23.3 Å². The van der Waals surface area contributed by atoms with E-state index in [0.717, 1.165) is 22.9 Å². The minimum absolute atomic E-state index is 0.146. The number of rotatable bonds is 6. The van der Waals surface area contributed by atoms with Crippen LogP contribution in [0.2, 0.25) is 0 Å². The maximum atomic E-state index is 12.4. The number of ether oxygens (including phenoxy) is 1. The van der Waals surface area contributed by atoms with Gasteiger partial charge in [-0.15, -0.1) is 0 Å². The molecule has 0 bridgehead atoms. The van der Waals surface area contributed by atoms with Gasteiger partial charge in [-0.2, -0.15) is 0 Å². The molecule has 1 aromatic heterocycles. The normalized spacial score (nSPS) is 16.7. The molecule has 6 nitrogen and oxygen atoms in total. The van der Waals surface area contributed by atoms with Crippen molar-refractivity contribution in [3.05, 3.63) is 35.5 Å². The molecule has 3 rings (SSSR count). The Balaban J connectivity index is 1.68. The molecule has 134 valence electrons. The predicted molar refractivity (Wildman–Crippen MR) is 94.5 cm³/mol. The number of H-pyrrole nitrogens is 1. The molecule has 1 amide bonds. The molecule has 2 heterocycles. The van der Waals surface area contributed by atoms with Crippen molar-refractivity contribution in [2.24, 2.45) is 5.41 Å². The molecular formula is C19H24N2O4. The van der Waals surface area contributed by atoms with Gasteiger partial charge < -0.3 is 20.1 Å². The lowest BCUT2D eigenvalue weighted by molar-refractivity contribution is -0.154. The molecule has 0 unspecified atom stereocenters. The van der Waals surface area contributed by atoms with E-state index in [1.807, 2.05) is 18.3 Å². The van der Waals surface area contributed by atoms with Crippen molar-refractivity contribution in [2.45, 2.75) is 32.6 Å². The molecule has 6 heteroatoms. The highest BCUT2D eigenvalue weighted by Gasteiger charge is 2.40. The standard InChI is InChI=1S/C19H24N2O4/c1-2-13-4-3-5-15-14(11-20-17(13)15)10-16(22)21-12-19(18(23)24)6-8-25-9-7-19/h3-5,11,20H,2,6-10,12H2,1H3,(H,21,22)(H,23,24). The number of carboxylic acids is 1. The number of carboxylic acid groups (broad SMARTS) is 1. The maximum absolute atomic E-state index is 12.4. The lowest BCUT2D eigenvalue weighted by atomic mass is 9.80. The summed E-state index contributed by atoms with van der Waals surface area (Å²) in [5.41, 5.74) is 2.30. The second-order valence-electron chi connectivity index (χ2n) is 6.66. The van der Waals surface area contributed by atoms with E-state index >= 15 is 0 Å². The average Bonchev–Trinajstić information content (AvgIpc) is 3.03. The van der Waals surface area contributed by atoms with Crippen molar-refractivity contribution in [1.82, 2.24) is 10.3 Å². The van der Waals surface area contributed by atoms with E-state index in [9.17, 15) is 14.7 Å². The number of hydrogen-bond donors (Lipinski definition) is 3. The summed E-state index contributed by atoms with van der Waals surface area (Å²) in [7, 11) is 0. The van der Waals surface area contributed by atoms with Crippen LogP contribution in [0.3, 0.4) is 0 Å². The molecule has 0 saturated carbocycles. The van der Waals surface area contributed by atoms with Crippen LogP contribution in [0, 0.1) is 5.41 Å². The molecule has 0 radical (unpaired) electrons. The molecule has 1 aliphatic rings. The molecule has 1 saturated heterocycles. The number of benzene rings is 1. The smallest absolute Gasteiger partial charge is 0.311 e. The van der Waals surface area contributed by atoms with E-state index < -0.39 is 11.4 Å². The maximum Gasteiger partial charge on any atom is 0.311 e. The summed E-state index contributed by atoms with van der Waals surface area (Å²) < 4.78 is 5.26. The van der Waals surface area contributed by atoms with Gasteiger partial charge >= 0.3 is 5.97 Å². The van der Waals surface area contributed by atoms with E-state index in [1.165, 1.54) is 5.56 Å². The Morgan fingerprint density at radius 2 is 2.04 bits per heavy atom. The van der Waals surface area contributed by atoms with Gasteiger partial charge in [-0.3, -0.25) is 9.59 Å². The Bertz CT molecular complexity index is 775. The number of nitrogens with one attached hydrogen (secondary N) is 2. The molecule has 1 aliphatic heterocycles. The van der Waals surface area contributed by atoms with Gasteiger partial charge in [-0.05, 0) is 30.4 Å². The first-order valence-corrected chi connectivity index (χ1v) is 8.71.